The molecule has 0 N–H and O–H groups in total. The lowest BCUT2D eigenvalue weighted by molar-refractivity contribution is -0.150. The highest BCUT2D eigenvalue weighted by Crippen LogP contribution is 1.92. The predicted molar refractivity (Wildman–Crippen MR) is 53.7 cm³/mol. The Kier molecular flexibility index (Phi) is 10.1. The largest absolute Gasteiger partial charge is 0.466 e. The summed E-state index contributed by atoms with van der Waals surface area (Å²) in [6, 6.07) is 0. The summed E-state index contributed by atoms with van der Waals surface area (Å²) in [5.41, 5.74) is 0. The molecule has 5 nitrogen and oxygen atoms in total. The molecule has 0 spiro atoms. The van der Waals surface area contributed by atoms with E-state index in [0.29, 0.717) is 0 Å². The van der Waals surface area contributed by atoms with Crippen molar-refractivity contribution in [3.63, 3.8) is 0 Å². The quantitative estimate of drug-likeness (QED) is 0.278. The van der Waals surface area contributed by atoms with E-state index in [1.54, 1.807) is 0 Å². The van der Waals surface area contributed by atoms with Gasteiger partial charge in [-0.3, -0.25) is 0 Å². The minimum Gasteiger partial charge on any atom is -0.466 e. The number of esters is 3. The van der Waals surface area contributed by atoms with Crippen molar-refractivity contribution in [1.29, 1.82) is 0 Å². The van der Waals surface area contributed by atoms with Gasteiger partial charge in [-0.05, 0) is 0 Å². The molecule has 0 aromatic heterocycles. The third-order valence-corrected chi connectivity index (χ3v) is 0.925. The zero-order valence-electron chi connectivity index (χ0n) is 8.39. The maximum absolute atomic E-state index is 9.92. The number of methoxy groups -OCH3 is 1. The predicted octanol–water partition coefficient (Wildman–Crippen LogP) is 0.774. The minimum absolute atomic E-state index is 0.394. The minimum atomic E-state index is -0.579. The summed E-state index contributed by atoms with van der Waals surface area (Å²) in [5, 5.41) is 0. The van der Waals surface area contributed by atoms with Crippen molar-refractivity contribution in [3.05, 3.63) is 38.0 Å². The Morgan fingerprint density at radius 1 is 1.33 bits per heavy atom. The zero-order valence-corrected chi connectivity index (χ0v) is 8.39. The van der Waals surface area contributed by atoms with Gasteiger partial charge >= 0.3 is 17.9 Å². The van der Waals surface area contributed by atoms with Gasteiger partial charge < -0.3 is 9.47 Å². The van der Waals surface area contributed by atoms with E-state index in [1.165, 1.54) is 7.11 Å². The van der Waals surface area contributed by atoms with Crippen LogP contribution in [0.5, 0.6) is 0 Å². The van der Waals surface area contributed by atoms with E-state index in [1.807, 2.05) is 0 Å². The Hall–Kier alpha value is -2.17. The number of carbonyl (C=O) groups excluding carboxylic acids is 3. The first-order valence-electron chi connectivity index (χ1n) is 3.74. The monoisotopic (exact) mass is 212 g/mol. The first-order chi connectivity index (χ1) is 7.10. The van der Waals surface area contributed by atoms with Crippen LogP contribution < -0.4 is 0 Å². The van der Waals surface area contributed by atoms with Crippen molar-refractivity contribution < 1.29 is 23.9 Å². The number of carbonyl (C=O) groups is 3. The van der Waals surface area contributed by atoms with Crippen molar-refractivity contribution in [1.82, 2.24) is 0 Å². The van der Waals surface area contributed by atoms with Crippen molar-refractivity contribution >= 4 is 17.9 Å². The molecule has 0 fully saturated rings. The van der Waals surface area contributed by atoms with Crippen LogP contribution in [-0.2, 0) is 23.9 Å². The Bertz CT molecular complexity index is 262. The maximum atomic E-state index is 9.92. The summed E-state index contributed by atoms with van der Waals surface area (Å²) in [5.74, 6) is -1.55. The van der Waals surface area contributed by atoms with Crippen molar-refractivity contribution in [2.24, 2.45) is 0 Å². The molecule has 1 heterocycles. The fourth-order valence-corrected chi connectivity index (χ4v) is 0.387. The van der Waals surface area contributed by atoms with Gasteiger partial charge in [0.25, 0.3) is 0 Å². The normalized spacial score (nSPS) is 11.3. The summed E-state index contributed by atoms with van der Waals surface area (Å²) in [6.45, 7) is 9.16. The molecule has 0 aliphatic carbocycles. The van der Waals surface area contributed by atoms with Gasteiger partial charge in [-0.2, -0.15) is 0 Å². The van der Waals surface area contributed by atoms with E-state index in [9.17, 15) is 14.4 Å². The van der Waals surface area contributed by atoms with Gasteiger partial charge in [0.2, 0.25) is 0 Å². The van der Waals surface area contributed by atoms with Gasteiger partial charge in [0.15, 0.2) is 0 Å². The molecular weight excluding hydrogens is 200 g/mol. The molecule has 0 aromatic rings. The van der Waals surface area contributed by atoms with Gasteiger partial charge in [-0.1, -0.05) is 6.58 Å². The third kappa shape index (κ3) is 9.75. The van der Waals surface area contributed by atoms with Crippen LogP contribution in [0.25, 0.3) is 0 Å². The highest BCUT2D eigenvalue weighted by Gasteiger charge is 2.10. The van der Waals surface area contributed by atoms with Gasteiger partial charge in [-0.15, -0.1) is 13.2 Å². The van der Waals surface area contributed by atoms with Crippen molar-refractivity contribution in [2.75, 3.05) is 7.11 Å². The molecule has 0 amide bonds. The van der Waals surface area contributed by atoms with Crippen LogP contribution in [0.4, 0.5) is 0 Å². The molecule has 5 heteroatoms. The Labute approximate surface area is 87.7 Å². The van der Waals surface area contributed by atoms with Crippen molar-refractivity contribution in [3.8, 4) is 0 Å². The zero-order chi connectivity index (χ0) is 12.3. The standard InChI is InChI=1S/C4H2O3.C4H6O2.C2H4/c5-3-1-2-4(6)7-3;1-3-4(5)6-2;1-2/h1-2H;3H,1H2,2H3;1-2H2. The lowest BCUT2D eigenvalue weighted by Gasteiger charge is -1.83. The van der Waals surface area contributed by atoms with Crippen LogP contribution in [0.1, 0.15) is 0 Å². The molecule has 82 valence electrons. The number of hydrogen-bond donors (Lipinski definition) is 0. The smallest absolute Gasteiger partial charge is 0.338 e. The molecule has 1 rings (SSSR count). The van der Waals surface area contributed by atoms with Crippen molar-refractivity contribution in [2.45, 2.75) is 0 Å². The van der Waals surface area contributed by atoms with E-state index in [0.717, 1.165) is 18.2 Å². The molecule has 1 aliphatic heterocycles. The van der Waals surface area contributed by atoms with E-state index in [2.05, 4.69) is 29.2 Å². The molecule has 15 heavy (non-hydrogen) atoms. The lowest BCUT2D eigenvalue weighted by atomic mass is 10.6. The van der Waals surface area contributed by atoms with Gasteiger partial charge in [0, 0.05) is 18.2 Å². The topological polar surface area (TPSA) is 69.7 Å². The second-order valence-electron chi connectivity index (χ2n) is 1.80. The van der Waals surface area contributed by atoms with Gasteiger partial charge in [0.1, 0.15) is 0 Å². The van der Waals surface area contributed by atoms with E-state index in [4.69, 9.17) is 0 Å². The van der Waals surface area contributed by atoms with E-state index < -0.39 is 17.9 Å². The fraction of sp³-hybridized carbons (Fsp3) is 0.100. The average Bonchev–Trinajstić information content (AvgIpc) is 2.65. The lowest BCUT2D eigenvalue weighted by Crippen LogP contribution is -1.96. The summed E-state index contributed by atoms with van der Waals surface area (Å²) in [6.07, 6.45) is 3.28. The molecule has 0 unspecified atom stereocenters. The molecule has 0 bridgehead atoms. The van der Waals surface area contributed by atoms with Crippen LogP contribution in [-0.4, -0.2) is 25.0 Å². The van der Waals surface area contributed by atoms with Gasteiger partial charge in [-0.25, -0.2) is 14.4 Å². The molecular formula is C10H12O5. The molecule has 0 radical (unpaired) electrons. The van der Waals surface area contributed by atoms with Crippen LogP contribution in [0, 0.1) is 0 Å². The fourth-order valence-electron chi connectivity index (χ4n) is 0.387. The number of ether oxygens (including phenoxy) is 2. The molecule has 0 atom stereocenters. The summed E-state index contributed by atoms with van der Waals surface area (Å²) < 4.78 is 8.11. The SMILES string of the molecule is C=C.C=CC(=O)OC.O=C1C=CC(=O)O1. The summed E-state index contributed by atoms with van der Waals surface area (Å²) >= 11 is 0. The number of rotatable bonds is 1. The van der Waals surface area contributed by atoms with Crippen LogP contribution in [0.15, 0.2) is 38.0 Å². The third-order valence-electron chi connectivity index (χ3n) is 0.925. The second kappa shape index (κ2) is 9.91. The Balaban J connectivity index is 0. The highest BCUT2D eigenvalue weighted by atomic mass is 16.6. The highest BCUT2D eigenvalue weighted by molar-refractivity contribution is 6.04. The summed E-state index contributed by atoms with van der Waals surface area (Å²) in [4.78, 5) is 29.7. The summed E-state index contributed by atoms with van der Waals surface area (Å²) in [7, 11) is 1.31. The molecule has 0 saturated carbocycles. The first-order valence-corrected chi connectivity index (χ1v) is 3.74. The first kappa shape index (κ1) is 15.3. The Morgan fingerprint density at radius 2 is 1.73 bits per heavy atom. The maximum Gasteiger partial charge on any atom is 0.338 e. The van der Waals surface area contributed by atoms with Crippen LogP contribution >= 0.6 is 0 Å². The number of hydrogen-bond acceptors (Lipinski definition) is 5. The average molecular weight is 212 g/mol. The number of cyclic esters (lactones) is 2. The molecule has 1 aliphatic rings. The van der Waals surface area contributed by atoms with Crippen LogP contribution in [0.2, 0.25) is 0 Å². The second-order valence-corrected chi connectivity index (χ2v) is 1.80. The Morgan fingerprint density at radius 3 is 1.80 bits per heavy atom. The van der Waals surface area contributed by atoms with E-state index >= 15 is 0 Å². The van der Waals surface area contributed by atoms with Crippen LogP contribution in [0.3, 0.4) is 0 Å². The molecule has 0 aromatic carbocycles. The van der Waals surface area contributed by atoms with E-state index in [-0.39, 0.29) is 0 Å². The van der Waals surface area contributed by atoms with Gasteiger partial charge in [0.05, 0.1) is 7.11 Å². The molecule has 0 saturated heterocycles.